The third-order valence-electron chi connectivity index (χ3n) is 1.97. The van der Waals surface area contributed by atoms with Crippen LogP contribution in [0.3, 0.4) is 0 Å². The molecular formula is C8H11N3O3. The molecule has 6 heteroatoms. The number of nitrogens with two attached hydrogens (primary N) is 1. The van der Waals surface area contributed by atoms with Crippen LogP contribution in [0.15, 0.2) is 10.7 Å². The van der Waals surface area contributed by atoms with Crippen molar-refractivity contribution in [3.8, 4) is 0 Å². The fourth-order valence-corrected chi connectivity index (χ4v) is 1.27. The van der Waals surface area contributed by atoms with Gasteiger partial charge in [-0.1, -0.05) is 0 Å². The predicted octanol–water partition coefficient (Wildman–Crippen LogP) is 0.267. The Bertz CT molecular complexity index is 349. The molecule has 2 rings (SSSR count). The van der Waals surface area contributed by atoms with E-state index in [2.05, 4.69) is 4.98 Å². The van der Waals surface area contributed by atoms with E-state index in [9.17, 15) is 4.79 Å². The Morgan fingerprint density at radius 2 is 2.57 bits per heavy atom. The number of carbonyl (C=O) groups is 1. The molecule has 1 atom stereocenters. The van der Waals surface area contributed by atoms with Crippen molar-refractivity contribution < 1.29 is 13.9 Å². The first-order valence-electron chi connectivity index (χ1n) is 4.31. The number of aromatic nitrogens is 1. The van der Waals surface area contributed by atoms with Gasteiger partial charge in [0.15, 0.2) is 0 Å². The Morgan fingerprint density at radius 1 is 1.79 bits per heavy atom. The van der Waals surface area contributed by atoms with Gasteiger partial charge in [0.2, 0.25) is 0 Å². The molecule has 0 saturated carbocycles. The van der Waals surface area contributed by atoms with E-state index >= 15 is 0 Å². The van der Waals surface area contributed by atoms with Gasteiger partial charge in [0.05, 0.1) is 12.2 Å². The number of rotatable bonds is 2. The number of cyclic esters (lactones) is 1. The molecule has 1 fully saturated rings. The summed E-state index contributed by atoms with van der Waals surface area (Å²) in [5, 5.41) is 0. The third-order valence-corrected chi connectivity index (χ3v) is 1.97. The first-order chi connectivity index (χ1) is 6.70. The molecule has 0 bridgehead atoms. The van der Waals surface area contributed by atoms with Crippen molar-refractivity contribution >= 4 is 12.1 Å². The van der Waals surface area contributed by atoms with Crippen LogP contribution in [0.1, 0.15) is 5.69 Å². The van der Waals surface area contributed by atoms with Crippen molar-refractivity contribution in [1.29, 1.82) is 0 Å². The quantitative estimate of drug-likeness (QED) is 0.735. The van der Waals surface area contributed by atoms with Crippen LogP contribution in [-0.4, -0.2) is 30.3 Å². The maximum atomic E-state index is 11.3. The molecular weight excluding hydrogens is 186 g/mol. The fraction of sp³-hybridized carbons (Fsp3) is 0.500. The van der Waals surface area contributed by atoms with Gasteiger partial charge in [-0.3, -0.25) is 0 Å². The number of nitrogens with zero attached hydrogens (tertiary/aromatic N) is 2. The number of amides is 1. The summed E-state index contributed by atoms with van der Waals surface area (Å²) in [5.74, 6) is 0. The molecule has 2 N–H and O–H groups in total. The lowest BCUT2D eigenvalue weighted by Gasteiger charge is -2.05. The molecule has 1 amide bonds. The van der Waals surface area contributed by atoms with Gasteiger partial charge in [-0.2, -0.15) is 4.98 Å². The van der Waals surface area contributed by atoms with Gasteiger partial charge in [-0.25, -0.2) is 9.69 Å². The van der Waals surface area contributed by atoms with E-state index in [-0.39, 0.29) is 12.1 Å². The fourth-order valence-electron chi connectivity index (χ4n) is 1.27. The molecule has 2 heterocycles. The number of aryl methyl sites for hydroxylation is 1. The van der Waals surface area contributed by atoms with Gasteiger partial charge < -0.3 is 14.9 Å². The van der Waals surface area contributed by atoms with Crippen LogP contribution < -0.4 is 10.6 Å². The van der Waals surface area contributed by atoms with Crippen LogP contribution in [0.5, 0.6) is 0 Å². The topological polar surface area (TPSA) is 81.6 Å². The van der Waals surface area contributed by atoms with Crippen molar-refractivity contribution in [2.75, 3.05) is 18.0 Å². The van der Waals surface area contributed by atoms with Crippen LogP contribution >= 0.6 is 0 Å². The largest absolute Gasteiger partial charge is 0.442 e. The lowest BCUT2D eigenvalue weighted by Crippen LogP contribution is -2.27. The average Bonchev–Trinajstić information content (AvgIpc) is 2.71. The SMILES string of the molecule is Cc1coc(N2CC(CN)OC2=O)n1. The molecule has 1 aliphatic heterocycles. The van der Waals surface area contributed by atoms with Crippen molar-refractivity contribution in [2.24, 2.45) is 5.73 Å². The summed E-state index contributed by atoms with van der Waals surface area (Å²) < 4.78 is 10.0. The highest BCUT2D eigenvalue weighted by atomic mass is 16.6. The zero-order chi connectivity index (χ0) is 10.1. The number of hydrogen-bond donors (Lipinski definition) is 1. The van der Waals surface area contributed by atoms with Gasteiger partial charge >= 0.3 is 12.1 Å². The third kappa shape index (κ3) is 1.44. The molecule has 14 heavy (non-hydrogen) atoms. The second-order valence-electron chi connectivity index (χ2n) is 3.12. The maximum Gasteiger partial charge on any atom is 0.418 e. The van der Waals surface area contributed by atoms with E-state index in [1.165, 1.54) is 11.2 Å². The Kier molecular flexibility index (Phi) is 2.12. The molecule has 0 aromatic carbocycles. The molecule has 0 radical (unpaired) electrons. The maximum absolute atomic E-state index is 11.3. The molecule has 6 nitrogen and oxygen atoms in total. The minimum Gasteiger partial charge on any atom is -0.442 e. The summed E-state index contributed by atoms with van der Waals surface area (Å²) in [5.41, 5.74) is 6.11. The van der Waals surface area contributed by atoms with Crippen LogP contribution in [0, 0.1) is 6.92 Å². The smallest absolute Gasteiger partial charge is 0.418 e. The van der Waals surface area contributed by atoms with E-state index in [0.717, 1.165) is 5.69 Å². The molecule has 0 aliphatic carbocycles. The lowest BCUT2D eigenvalue weighted by molar-refractivity contribution is 0.145. The molecule has 1 unspecified atom stereocenters. The van der Waals surface area contributed by atoms with Crippen LogP contribution in [0.2, 0.25) is 0 Å². The Balaban J connectivity index is 2.16. The highest BCUT2D eigenvalue weighted by Crippen LogP contribution is 2.19. The summed E-state index contributed by atoms with van der Waals surface area (Å²) in [6, 6.07) is 0.267. The van der Waals surface area contributed by atoms with E-state index in [0.29, 0.717) is 13.1 Å². The van der Waals surface area contributed by atoms with E-state index in [1.54, 1.807) is 6.92 Å². The number of ether oxygens (including phenoxy) is 1. The first kappa shape index (κ1) is 9.01. The van der Waals surface area contributed by atoms with Gasteiger partial charge in [0, 0.05) is 6.54 Å². The van der Waals surface area contributed by atoms with E-state index < -0.39 is 6.09 Å². The Labute approximate surface area is 80.6 Å². The van der Waals surface area contributed by atoms with Crippen molar-refractivity contribution in [1.82, 2.24) is 4.98 Å². The molecule has 1 aromatic heterocycles. The molecule has 1 aromatic rings. The van der Waals surface area contributed by atoms with Gasteiger partial charge in [0.25, 0.3) is 0 Å². The standard InChI is InChI=1S/C8H11N3O3/c1-5-4-13-7(10-5)11-3-6(2-9)14-8(11)12/h4,6H,2-3,9H2,1H3. The van der Waals surface area contributed by atoms with Gasteiger partial charge in [0.1, 0.15) is 12.4 Å². The highest BCUT2D eigenvalue weighted by Gasteiger charge is 2.34. The number of anilines is 1. The summed E-state index contributed by atoms with van der Waals surface area (Å²) in [6.45, 7) is 2.49. The van der Waals surface area contributed by atoms with E-state index in [4.69, 9.17) is 14.9 Å². The Morgan fingerprint density at radius 3 is 3.07 bits per heavy atom. The Hall–Kier alpha value is -1.56. The van der Waals surface area contributed by atoms with Crippen molar-refractivity contribution in [3.63, 3.8) is 0 Å². The monoisotopic (exact) mass is 197 g/mol. The lowest BCUT2D eigenvalue weighted by atomic mass is 10.3. The van der Waals surface area contributed by atoms with Crippen molar-refractivity contribution in [2.45, 2.75) is 13.0 Å². The summed E-state index contributed by atoms with van der Waals surface area (Å²) in [4.78, 5) is 16.7. The summed E-state index contributed by atoms with van der Waals surface area (Å²) in [7, 11) is 0. The van der Waals surface area contributed by atoms with Crippen molar-refractivity contribution in [3.05, 3.63) is 12.0 Å². The second-order valence-corrected chi connectivity index (χ2v) is 3.12. The van der Waals surface area contributed by atoms with Crippen LogP contribution in [0.25, 0.3) is 0 Å². The molecule has 76 valence electrons. The normalized spacial score (nSPS) is 21.4. The van der Waals surface area contributed by atoms with E-state index in [1.807, 2.05) is 0 Å². The van der Waals surface area contributed by atoms with Gasteiger partial charge in [-0.15, -0.1) is 0 Å². The minimum absolute atomic E-state index is 0.267. The number of carbonyl (C=O) groups excluding carboxylic acids is 1. The molecule has 0 spiro atoms. The number of hydrogen-bond acceptors (Lipinski definition) is 5. The van der Waals surface area contributed by atoms with Gasteiger partial charge in [-0.05, 0) is 6.92 Å². The van der Waals surface area contributed by atoms with Crippen LogP contribution in [0.4, 0.5) is 10.8 Å². The summed E-state index contributed by atoms with van der Waals surface area (Å²) in [6.07, 6.45) is 0.760. The zero-order valence-corrected chi connectivity index (χ0v) is 7.77. The van der Waals surface area contributed by atoms with Crippen LogP contribution in [-0.2, 0) is 4.74 Å². The predicted molar refractivity (Wildman–Crippen MR) is 47.9 cm³/mol. The molecule has 1 saturated heterocycles. The highest BCUT2D eigenvalue weighted by molar-refractivity contribution is 5.87. The zero-order valence-electron chi connectivity index (χ0n) is 7.77. The average molecular weight is 197 g/mol. The summed E-state index contributed by atoms with van der Waals surface area (Å²) >= 11 is 0. The molecule has 1 aliphatic rings. The first-order valence-corrected chi connectivity index (χ1v) is 4.31. The minimum atomic E-state index is -0.456. The second kappa shape index (κ2) is 3.30. The number of oxazole rings is 1.